The van der Waals surface area contributed by atoms with E-state index in [-0.39, 0.29) is 22.2 Å². The summed E-state index contributed by atoms with van der Waals surface area (Å²) in [6, 6.07) is 8.52. The molecule has 0 N–H and O–H groups in total. The number of benzene rings is 1. The van der Waals surface area contributed by atoms with Crippen LogP contribution in [0.15, 0.2) is 45.7 Å². The van der Waals surface area contributed by atoms with Gasteiger partial charge in [-0.2, -0.15) is 18.9 Å². The Labute approximate surface area is 162 Å². The van der Waals surface area contributed by atoms with Crippen LogP contribution in [-0.4, -0.2) is 19.9 Å². The van der Waals surface area contributed by atoms with E-state index in [9.17, 15) is 13.6 Å². The van der Waals surface area contributed by atoms with E-state index < -0.39 is 23.5 Å². The van der Waals surface area contributed by atoms with Crippen molar-refractivity contribution in [1.29, 1.82) is 0 Å². The topological polar surface area (TPSA) is 73.8 Å². The molecule has 0 aliphatic heterocycles. The molecule has 28 heavy (non-hydrogen) atoms. The third kappa shape index (κ3) is 3.05. The highest BCUT2D eigenvalue weighted by Gasteiger charge is 2.23. The van der Waals surface area contributed by atoms with Crippen LogP contribution in [0.25, 0.3) is 22.2 Å². The number of aromatic nitrogens is 4. The zero-order valence-corrected chi connectivity index (χ0v) is 15.5. The normalized spacial score (nSPS) is 12.5. The highest BCUT2D eigenvalue weighted by Crippen LogP contribution is 2.28. The van der Waals surface area contributed by atoms with Crippen LogP contribution >= 0.6 is 11.6 Å². The quantitative estimate of drug-likeness (QED) is 0.478. The molecule has 4 rings (SSSR count). The van der Waals surface area contributed by atoms with E-state index >= 15 is 0 Å². The zero-order valence-electron chi connectivity index (χ0n) is 14.8. The molecule has 1 atom stereocenters. The Morgan fingerprint density at radius 1 is 1.14 bits per heavy atom. The van der Waals surface area contributed by atoms with Gasteiger partial charge >= 0.3 is 0 Å². The number of fused-ring (bicyclic) bond motifs is 1. The first-order chi connectivity index (χ1) is 13.3. The van der Waals surface area contributed by atoms with Crippen molar-refractivity contribution >= 4 is 22.6 Å². The van der Waals surface area contributed by atoms with Gasteiger partial charge in [0.2, 0.25) is 17.5 Å². The third-order valence-corrected chi connectivity index (χ3v) is 4.71. The average Bonchev–Trinajstić information content (AvgIpc) is 3.03. The molecule has 9 heteroatoms. The summed E-state index contributed by atoms with van der Waals surface area (Å²) in [4.78, 5) is 16.1. The fourth-order valence-electron chi connectivity index (χ4n) is 3.03. The first-order valence-electron chi connectivity index (χ1n) is 8.33. The lowest BCUT2D eigenvalue weighted by Crippen LogP contribution is -2.27. The second-order valence-electron chi connectivity index (χ2n) is 6.30. The highest BCUT2D eigenvalue weighted by atomic mass is 35.5. The van der Waals surface area contributed by atoms with Crippen molar-refractivity contribution < 1.29 is 13.3 Å². The standard InChI is InChI=1S/C19H13ClF2N4O2/c1-9-16-18(28-25-9)17(12-7-14(21)23-15(22)8-12)24-26(19(16)27)10(2)11-3-5-13(20)6-4-11/h3-8,10H,1-2H3. The molecule has 0 aliphatic rings. The Balaban J connectivity index is 2.00. The van der Waals surface area contributed by atoms with E-state index in [0.717, 1.165) is 17.7 Å². The van der Waals surface area contributed by atoms with Gasteiger partial charge in [0.15, 0.2) is 0 Å². The molecule has 1 unspecified atom stereocenters. The minimum atomic E-state index is -1.01. The Kier molecular flexibility index (Phi) is 4.43. The van der Waals surface area contributed by atoms with Crippen LogP contribution < -0.4 is 5.56 Å². The van der Waals surface area contributed by atoms with Gasteiger partial charge in [0.05, 0.1) is 11.7 Å². The molecule has 1 aromatic carbocycles. The lowest BCUT2D eigenvalue weighted by Gasteiger charge is -2.16. The van der Waals surface area contributed by atoms with Crippen LogP contribution in [0.1, 0.15) is 24.2 Å². The number of aryl methyl sites for hydroxylation is 1. The molecule has 0 amide bonds. The Morgan fingerprint density at radius 2 is 1.79 bits per heavy atom. The van der Waals surface area contributed by atoms with Gasteiger partial charge in [0.1, 0.15) is 11.1 Å². The van der Waals surface area contributed by atoms with Gasteiger partial charge in [-0.05, 0) is 31.5 Å². The molecule has 0 aliphatic carbocycles. The zero-order chi connectivity index (χ0) is 20.0. The monoisotopic (exact) mass is 402 g/mol. The summed E-state index contributed by atoms with van der Waals surface area (Å²) in [5, 5.41) is 8.92. The lowest BCUT2D eigenvalue weighted by molar-refractivity contribution is 0.448. The predicted octanol–water partition coefficient (Wildman–Crippen LogP) is 4.30. The number of pyridine rings is 1. The largest absolute Gasteiger partial charge is 0.353 e. The molecule has 0 saturated heterocycles. The molecule has 0 fully saturated rings. The van der Waals surface area contributed by atoms with Crippen LogP contribution in [-0.2, 0) is 0 Å². The molecule has 0 bridgehead atoms. The minimum Gasteiger partial charge on any atom is -0.353 e. The first kappa shape index (κ1) is 18.2. The third-order valence-electron chi connectivity index (χ3n) is 4.46. The Bertz CT molecular complexity index is 1230. The molecule has 3 heterocycles. The molecule has 4 aromatic rings. The van der Waals surface area contributed by atoms with Crippen molar-refractivity contribution in [3.8, 4) is 11.3 Å². The van der Waals surface area contributed by atoms with E-state index in [1.807, 2.05) is 0 Å². The average molecular weight is 403 g/mol. The Hall–Kier alpha value is -3.13. The minimum absolute atomic E-state index is 0.0621. The molecule has 6 nitrogen and oxygen atoms in total. The summed E-state index contributed by atoms with van der Waals surface area (Å²) < 4.78 is 33.8. The second-order valence-corrected chi connectivity index (χ2v) is 6.74. The molecule has 0 saturated carbocycles. The van der Waals surface area contributed by atoms with Gasteiger partial charge < -0.3 is 4.52 Å². The van der Waals surface area contributed by atoms with Crippen LogP contribution in [0.5, 0.6) is 0 Å². The van der Waals surface area contributed by atoms with Gasteiger partial charge in [-0.15, -0.1) is 0 Å². The molecule has 3 aromatic heterocycles. The first-order valence-corrected chi connectivity index (χ1v) is 8.70. The number of hydrogen-bond acceptors (Lipinski definition) is 5. The summed E-state index contributed by atoms with van der Waals surface area (Å²) in [5.74, 6) is -2.02. The summed E-state index contributed by atoms with van der Waals surface area (Å²) in [6.45, 7) is 3.39. The summed E-state index contributed by atoms with van der Waals surface area (Å²) in [7, 11) is 0. The van der Waals surface area contributed by atoms with Gasteiger partial charge in [-0.25, -0.2) is 4.68 Å². The maximum absolute atomic E-state index is 13.7. The molecule has 0 spiro atoms. The van der Waals surface area contributed by atoms with Crippen molar-refractivity contribution in [2.24, 2.45) is 0 Å². The van der Waals surface area contributed by atoms with Crippen molar-refractivity contribution in [3.63, 3.8) is 0 Å². The highest BCUT2D eigenvalue weighted by molar-refractivity contribution is 6.30. The summed E-state index contributed by atoms with van der Waals surface area (Å²) in [6.07, 6.45) is 0. The molecule has 142 valence electrons. The van der Waals surface area contributed by atoms with E-state index in [4.69, 9.17) is 16.1 Å². The van der Waals surface area contributed by atoms with Crippen molar-refractivity contribution in [2.75, 3.05) is 0 Å². The number of rotatable bonds is 3. The second kappa shape index (κ2) is 6.79. The van der Waals surface area contributed by atoms with Gasteiger partial charge in [-0.1, -0.05) is 28.9 Å². The van der Waals surface area contributed by atoms with Crippen molar-refractivity contribution in [2.45, 2.75) is 19.9 Å². The van der Waals surface area contributed by atoms with E-state index in [0.29, 0.717) is 10.7 Å². The van der Waals surface area contributed by atoms with Crippen molar-refractivity contribution in [3.05, 3.63) is 74.9 Å². The van der Waals surface area contributed by atoms with Gasteiger partial charge in [0, 0.05) is 22.7 Å². The maximum atomic E-state index is 13.7. The van der Waals surface area contributed by atoms with Crippen LogP contribution in [0.3, 0.4) is 0 Å². The van der Waals surface area contributed by atoms with E-state index in [1.54, 1.807) is 38.1 Å². The van der Waals surface area contributed by atoms with Gasteiger partial charge in [-0.3, -0.25) is 4.79 Å². The maximum Gasteiger partial charge on any atom is 0.280 e. The van der Waals surface area contributed by atoms with Crippen LogP contribution in [0.4, 0.5) is 8.78 Å². The fourth-order valence-corrected chi connectivity index (χ4v) is 3.16. The van der Waals surface area contributed by atoms with Crippen LogP contribution in [0.2, 0.25) is 5.02 Å². The number of nitrogens with zero attached hydrogens (tertiary/aromatic N) is 4. The SMILES string of the molecule is Cc1noc2c(-c3cc(F)nc(F)c3)nn(C(C)c3ccc(Cl)cc3)c(=O)c12. The number of halogens is 3. The van der Waals surface area contributed by atoms with Crippen molar-refractivity contribution in [1.82, 2.24) is 19.9 Å². The summed E-state index contributed by atoms with van der Waals surface area (Å²) in [5.41, 5.74) is 0.961. The molecule has 0 radical (unpaired) electrons. The predicted molar refractivity (Wildman–Crippen MR) is 99.2 cm³/mol. The van der Waals surface area contributed by atoms with E-state index in [2.05, 4.69) is 15.2 Å². The number of hydrogen-bond donors (Lipinski definition) is 0. The lowest BCUT2D eigenvalue weighted by atomic mass is 10.1. The molecular formula is C19H13ClF2N4O2. The van der Waals surface area contributed by atoms with Crippen LogP contribution in [0, 0.1) is 18.8 Å². The smallest absolute Gasteiger partial charge is 0.280 e. The fraction of sp³-hybridized carbons (Fsp3) is 0.158. The van der Waals surface area contributed by atoms with Gasteiger partial charge in [0.25, 0.3) is 5.56 Å². The summed E-state index contributed by atoms with van der Waals surface area (Å²) >= 11 is 5.93. The van der Waals surface area contributed by atoms with E-state index in [1.165, 1.54) is 4.68 Å². The Morgan fingerprint density at radius 3 is 2.43 bits per heavy atom. The molecular weight excluding hydrogens is 390 g/mol.